The molecule has 7 heteroatoms. The van der Waals surface area contributed by atoms with E-state index in [0.29, 0.717) is 13.1 Å². The van der Waals surface area contributed by atoms with Gasteiger partial charge in [-0.25, -0.2) is 8.42 Å². The van der Waals surface area contributed by atoms with Gasteiger partial charge in [0, 0.05) is 30.4 Å². The number of aliphatic hydroxyl groups excluding tert-OH is 1. The standard InChI is InChI=1S/C19H31N3O3S/c1-21(2)19(16-7-5-4-6-8-16)11-9-18(10-12-19)15-22(17(23)20-18)13-14-26(3,24)25/h4-8,17,20,23H,9-15H2,1-3H3/t17?,18-,19+. The zero-order chi connectivity index (χ0) is 19.0. The summed E-state index contributed by atoms with van der Waals surface area (Å²) in [6.45, 7) is 1.06. The summed E-state index contributed by atoms with van der Waals surface area (Å²) in [5.41, 5.74) is 1.22. The van der Waals surface area contributed by atoms with Crippen molar-refractivity contribution in [2.45, 2.75) is 43.1 Å². The van der Waals surface area contributed by atoms with Gasteiger partial charge in [-0.1, -0.05) is 30.3 Å². The molecule has 0 radical (unpaired) electrons. The minimum atomic E-state index is -3.03. The summed E-state index contributed by atoms with van der Waals surface area (Å²) in [5.74, 6) is 0.0769. The first-order valence-corrected chi connectivity index (χ1v) is 11.3. The molecule has 1 aliphatic heterocycles. The molecule has 0 amide bonds. The summed E-state index contributed by atoms with van der Waals surface area (Å²) < 4.78 is 22.9. The summed E-state index contributed by atoms with van der Waals surface area (Å²) in [7, 11) is 1.25. The molecule has 2 N–H and O–H groups in total. The summed E-state index contributed by atoms with van der Waals surface area (Å²) in [6.07, 6.45) is 4.39. The van der Waals surface area contributed by atoms with Crippen molar-refractivity contribution in [2.24, 2.45) is 0 Å². The van der Waals surface area contributed by atoms with E-state index < -0.39 is 16.2 Å². The van der Waals surface area contributed by atoms with Crippen LogP contribution in [0.3, 0.4) is 0 Å². The van der Waals surface area contributed by atoms with E-state index in [1.54, 1.807) is 0 Å². The van der Waals surface area contributed by atoms with Crippen molar-refractivity contribution in [3.05, 3.63) is 35.9 Å². The van der Waals surface area contributed by atoms with Gasteiger partial charge in [0.1, 0.15) is 9.84 Å². The van der Waals surface area contributed by atoms with Crippen molar-refractivity contribution in [3.63, 3.8) is 0 Å². The number of benzene rings is 1. The minimum absolute atomic E-state index is 0.0132. The van der Waals surface area contributed by atoms with Crippen LogP contribution in [-0.2, 0) is 15.4 Å². The predicted molar refractivity (Wildman–Crippen MR) is 103 cm³/mol. The Morgan fingerprint density at radius 2 is 1.81 bits per heavy atom. The van der Waals surface area contributed by atoms with Gasteiger partial charge in [-0.2, -0.15) is 0 Å². The highest BCUT2D eigenvalue weighted by molar-refractivity contribution is 7.90. The van der Waals surface area contributed by atoms with E-state index in [9.17, 15) is 13.5 Å². The Balaban J connectivity index is 1.71. The van der Waals surface area contributed by atoms with Crippen molar-refractivity contribution >= 4 is 9.84 Å². The van der Waals surface area contributed by atoms with Gasteiger partial charge in [-0.05, 0) is 45.3 Å². The van der Waals surface area contributed by atoms with Gasteiger partial charge in [0.25, 0.3) is 0 Å². The number of nitrogens with zero attached hydrogens (tertiary/aromatic N) is 2. The molecule has 1 aliphatic carbocycles. The Labute approximate surface area is 157 Å². The third kappa shape index (κ3) is 3.97. The Kier molecular flexibility index (Phi) is 5.48. The van der Waals surface area contributed by atoms with Crippen LogP contribution in [0.1, 0.15) is 31.2 Å². The maximum atomic E-state index is 11.4. The molecule has 0 bridgehead atoms. The fourth-order valence-electron chi connectivity index (χ4n) is 4.56. The molecule has 3 rings (SSSR count). The van der Waals surface area contributed by atoms with E-state index in [1.165, 1.54) is 11.8 Å². The summed E-state index contributed by atoms with van der Waals surface area (Å²) in [4.78, 5) is 4.17. The molecule has 1 atom stereocenters. The quantitative estimate of drug-likeness (QED) is 0.792. The summed E-state index contributed by atoms with van der Waals surface area (Å²) >= 11 is 0. The highest BCUT2D eigenvalue weighted by atomic mass is 32.2. The third-order valence-corrected chi connectivity index (χ3v) is 7.16. The van der Waals surface area contributed by atoms with Crippen LogP contribution in [0.2, 0.25) is 0 Å². The first-order valence-electron chi connectivity index (χ1n) is 9.26. The predicted octanol–water partition coefficient (Wildman–Crippen LogP) is 0.982. The molecule has 1 saturated carbocycles. The first-order chi connectivity index (χ1) is 12.2. The second kappa shape index (κ2) is 7.20. The Morgan fingerprint density at radius 3 is 2.35 bits per heavy atom. The summed E-state index contributed by atoms with van der Waals surface area (Å²) in [5, 5.41) is 13.7. The van der Waals surface area contributed by atoms with Gasteiger partial charge in [-0.3, -0.25) is 15.1 Å². The van der Waals surface area contributed by atoms with Gasteiger partial charge in [0.05, 0.1) is 5.75 Å². The lowest BCUT2D eigenvalue weighted by Crippen LogP contribution is -2.54. The highest BCUT2D eigenvalue weighted by Gasteiger charge is 2.49. The lowest BCUT2D eigenvalue weighted by molar-refractivity contribution is 0.0201. The maximum absolute atomic E-state index is 11.4. The van der Waals surface area contributed by atoms with Crippen molar-refractivity contribution in [1.29, 1.82) is 0 Å². The SMILES string of the molecule is CN(C)[C@]1(c2ccccc2)CC[C@]2(CC1)CN(CCS(C)(=O)=O)C(O)N2. The van der Waals surface area contributed by atoms with E-state index >= 15 is 0 Å². The second-order valence-electron chi connectivity index (χ2n) is 8.19. The number of sulfone groups is 1. The fraction of sp³-hybridized carbons (Fsp3) is 0.684. The zero-order valence-corrected chi connectivity index (χ0v) is 16.8. The van der Waals surface area contributed by atoms with E-state index in [4.69, 9.17) is 0 Å². The molecular formula is C19H31N3O3S. The molecule has 2 fully saturated rings. The molecule has 0 aromatic heterocycles. The van der Waals surface area contributed by atoms with Gasteiger partial charge in [0.15, 0.2) is 6.35 Å². The third-order valence-electron chi connectivity index (χ3n) is 6.24. The van der Waals surface area contributed by atoms with Gasteiger partial charge in [-0.15, -0.1) is 0 Å². The van der Waals surface area contributed by atoms with Crippen LogP contribution < -0.4 is 5.32 Å². The molecule has 2 aliphatic rings. The Bertz CT molecular complexity index is 713. The van der Waals surface area contributed by atoms with Gasteiger partial charge < -0.3 is 5.11 Å². The molecular weight excluding hydrogens is 350 g/mol. The molecule has 1 aromatic carbocycles. The number of aliphatic hydroxyl groups is 1. The van der Waals surface area contributed by atoms with E-state index in [-0.39, 0.29) is 16.8 Å². The monoisotopic (exact) mass is 381 g/mol. The van der Waals surface area contributed by atoms with Crippen molar-refractivity contribution in [2.75, 3.05) is 39.2 Å². The summed E-state index contributed by atoms with van der Waals surface area (Å²) in [6, 6.07) is 10.6. The largest absolute Gasteiger partial charge is 0.365 e. The lowest BCUT2D eigenvalue weighted by Gasteiger charge is -2.49. The van der Waals surface area contributed by atoms with Crippen LogP contribution in [0.25, 0.3) is 0 Å². The number of rotatable bonds is 5. The molecule has 1 spiro atoms. The van der Waals surface area contributed by atoms with Crippen LogP contribution in [0, 0.1) is 0 Å². The normalized spacial score (nSPS) is 33.2. The average molecular weight is 382 g/mol. The van der Waals surface area contributed by atoms with Crippen LogP contribution >= 0.6 is 0 Å². The Hall–Kier alpha value is -0.990. The van der Waals surface area contributed by atoms with Gasteiger partial charge >= 0.3 is 0 Å². The molecule has 1 heterocycles. The molecule has 6 nitrogen and oxygen atoms in total. The number of hydrogen-bond acceptors (Lipinski definition) is 6. The highest BCUT2D eigenvalue weighted by Crippen LogP contribution is 2.46. The molecule has 1 saturated heterocycles. The Morgan fingerprint density at radius 1 is 1.19 bits per heavy atom. The fourth-order valence-corrected chi connectivity index (χ4v) is 5.12. The topological polar surface area (TPSA) is 72.9 Å². The molecule has 1 unspecified atom stereocenters. The van der Waals surface area contributed by atoms with Crippen LogP contribution in [0.4, 0.5) is 0 Å². The molecule has 1 aromatic rings. The molecule has 26 heavy (non-hydrogen) atoms. The number of hydrogen-bond donors (Lipinski definition) is 2. The maximum Gasteiger partial charge on any atom is 0.163 e. The van der Waals surface area contributed by atoms with Crippen LogP contribution in [0.15, 0.2) is 30.3 Å². The van der Waals surface area contributed by atoms with Crippen LogP contribution in [0.5, 0.6) is 0 Å². The first kappa shape index (κ1) is 19.8. The van der Waals surface area contributed by atoms with Gasteiger partial charge in [0.2, 0.25) is 0 Å². The lowest BCUT2D eigenvalue weighted by atomic mass is 9.69. The average Bonchev–Trinajstić information content (AvgIpc) is 2.89. The van der Waals surface area contributed by atoms with E-state index in [1.807, 2.05) is 11.0 Å². The van der Waals surface area contributed by atoms with E-state index in [0.717, 1.165) is 25.7 Å². The zero-order valence-electron chi connectivity index (χ0n) is 16.0. The number of nitrogens with one attached hydrogen (secondary N) is 1. The smallest absolute Gasteiger partial charge is 0.163 e. The van der Waals surface area contributed by atoms with Crippen molar-refractivity contribution < 1.29 is 13.5 Å². The molecule has 146 valence electrons. The van der Waals surface area contributed by atoms with Crippen molar-refractivity contribution in [1.82, 2.24) is 15.1 Å². The minimum Gasteiger partial charge on any atom is -0.365 e. The van der Waals surface area contributed by atoms with Crippen LogP contribution in [-0.4, -0.2) is 74.4 Å². The van der Waals surface area contributed by atoms with E-state index in [2.05, 4.69) is 48.6 Å². The second-order valence-corrected chi connectivity index (χ2v) is 10.5. The van der Waals surface area contributed by atoms with Crippen molar-refractivity contribution in [3.8, 4) is 0 Å².